The van der Waals surface area contributed by atoms with E-state index in [4.69, 9.17) is 21.1 Å². The molecule has 0 aliphatic rings. The van der Waals surface area contributed by atoms with E-state index in [1.165, 1.54) is 6.21 Å². The number of carbonyl (C=O) groups excluding carboxylic acids is 2. The molecule has 4 aromatic carbocycles. The largest absolute Gasteiger partial charge is 0.490 e. The maximum atomic E-state index is 13.3. The van der Waals surface area contributed by atoms with Crippen LogP contribution in [0.5, 0.6) is 11.5 Å². The second kappa shape index (κ2) is 12.4. The molecule has 0 saturated heterocycles. The number of ether oxygens (including phenoxy) is 2. The van der Waals surface area contributed by atoms with Crippen molar-refractivity contribution in [3.63, 3.8) is 0 Å². The second-order valence-corrected chi connectivity index (χ2v) is 10.4. The number of rotatable bonds is 8. The van der Waals surface area contributed by atoms with Crippen molar-refractivity contribution < 1.29 is 19.1 Å². The van der Waals surface area contributed by atoms with Crippen molar-refractivity contribution in [3.8, 4) is 22.6 Å². The summed E-state index contributed by atoms with van der Waals surface area (Å²) in [6.07, 6.45) is 1.49. The van der Waals surface area contributed by atoms with Crippen LogP contribution in [0.25, 0.3) is 22.0 Å². The molecule has 0 spiro atoms. The number of aromatic amines is 1. The Hall–Kier alpha value is -4.40. The van der Waals surface area contributed by atoms with Gasteiger partial charge in [-0.1, -0.05) is 59.6 Å². The van der Waals surface area contributed by atoms with Gasteiger partial charge >= 0.3 is 5.97 Å². The number of nitrogens with zero attached hydrogens (tertiary/aromatic N) is 1. The fourth-order valence-electron chi connectivity index (χ4n) is 4.32. The monoisotopic (exact) mass is 629 g/mol. The third-order valence-electron chi connectivity index (χ3n) is 6.29. The van der Waals surface area contributed by atoms with Crippen molar-refractivity contribution in [2.24, 2.45) is 5.10 Å². The van der Waals surface area contributed by atoms with Crippen molar-refractivity contribution in [3.05, 3.63) is 117 Å². The van der Waals surface area contributed by atoms with E-state index in [0.717, 1.165) is 26.5 Å². The minimum absolute atomic E-state index is 0.284. The van der Waals surface area contributed by atoms with E-state index < -0.39 is 11.9 Å². The van der Waals surface area contributed by atoms with E-state index in [1.54, 1.807) is 36.4 Å². The van der Waals surface area contributed by atoms with Crippen LogP contribution in [0, 0.1) is 6.92 Å². The van der Waals surface area contributed by atoms with Gasteiger partial charge in [0, 0.05) is 26.0 Å². The number of aromatic nitrogens is 1. The molecule has 0 bridgehead atoms. The molecular weight excluding hydrogens is 606 g/mol. The Morgan fingerprint density at radius 1 is 1.00 bits per heavy atom. The fraction of sp³-hybridized carbons (Fsp3) is 0.0938. The number of amides is 1. The molecule has 0 aliphatic heterocycles. The second-order valence-electron chi connectivity index (χ2n) is 9.11. The number of aryl methyl sites for hydroxylation is 1. The Balaban J connectivity index is 1.38. The highest BCUT2D eigenvalue weighted by Crippen LogP contribution is 2.38. The molecule has 41 heavy (non-hydrogen) atoms. The van der Waals surface area contributed by atoms with Gasteiger partial charge in [0.25, 0.3) is 5.91 Å². The lowest BCUT2D eigenvalue weighted by atomic mass is 10.0. The maximum absolute atomic E-state index is 13.3. The van der Waals surface area contributed by atoms with Crippen molar-refractivity contribution in [2.45, 2.75) is 13.8 Å². The SMILES string of the molecule is CCOc1cc(C=NNC(=O)c2[nH]c3c(Br)cccc3c2-c2ccccc2Cl)ccc1OC(=O)c1ccc(C)cc1. The molecular formula is C32H25BrClN3O4. The molecule has 1 amide bonds. The van der Waals surface area contributed by atoms with Gasteiger partial charge in [0.15, 0.2) is 11.5 Å². The van der Waals surface area contributed by atoms with Gasteiger partial charge in [-0.25, -0.2) is 10.2 Å². The maximum Gasteiger partial charge on any atom is 0.343 e. The zero-order valence-electron chi connectivity index (χ0n) is 22.2. The van der Waals surface area contributed by atoms with Gasteiger partial charge in [-0.05, 0) is 77.8 Å². The summed E-state index contributed by atoms with van der Waals surface area (Å²) in [5, 5.41) is 5.53. The van der Waals surface area contributed by atoms with E-state index >= 15 is 0 Å². The smallest absolute Gasteiger partial charge is 0.343 e. The Morgan fingerprint density at radius 3 is 2.54 bits per heavy atom. The number of hydrogen-bond donors (Lipinski definition) is 2. The molecule has 9 heteroatoms. The molecule has 7 nitrogen and oxygen atoms in total. The molecule has 0 radical (unpaired) electrons. The first-order chi connectivity index (χ1) is 19.9. The summed E-state index contributed by atoms with van der Waals surface area (Å²) >= 11 is 10.1. The molecule has 0 fully saturated rings. The number of para-hydroxylation sites is 1. The summed E-state index contributed by atoms with van der Waals surface area (Å²) in [6.45, 7) is 4.15. The number of hydrogen-bond acceptors (Lipinski definition) is 5. The van der Waals surface area contributed by atoms with Gasteiger partial charge in [-0.15, -0.1) is 0 Å². The number of esters is 1. The van der Waals surface area contributed by atoms with Crippen molar-refractivity contribution in [2.75, 3.05) is 6.61 Å². The van der Waals surface area contributed by atoms with Crippen LogP contribution in [0.4, 0.5) is 0 Å². The van der Waals surface area contributed by atoms with Crippen LogP contribution in [-0.4, -0.2) is 29.7 Å². The standard InChI is InChI=1S/C32H25BrClN3O4/c1-3-40-27-17-20(13-16-26(27)41-32(39)21-14-11-19(2)12-15-21)18-35-37-31(38)30-28(22-7-4-5-10-25(22)34)23-8-6-9-24(33)29(23)36-30/h4-18,36H,3H2,1-2H3,(H,37,38). The number of benzene rings is 4. The van der Waals surface area contributed by atoms with E-state index in [0.29, 0.717) is 39.8 Å². The van der Waals surface area contributed by atoms with Crippen LogP contribution in [0.1, 0.15) is 38.9 Å². The van der Waals surface area contributed by atoms with E-state index in [2.05, 4.69) is 31.4 Å². The zero-order valence-corrected chi connectivity index (χ0v) is 24.5. The summed E-state index contributed by atoms with van der Waals surface area (Å²) in [6, 6.07) is 25.2. The van der Waals surface area contributed by atoms with Gasteiger partial charge in [-0.3, -0.25) is 4.79 Å². The van der Waals surface area contributed by atoms with Gasteiger partial charge in [0.1, 0.15) is 5.69 Å². The zero-order chi connectivity index (χ0) is 28.9. The van der Waals surface area contributed by atoms with Crippen LogP contribution < -0.4 is 14.9 Å². The number of carbonyl (C=O) groups is 2. The summed E-state index contributed by atoms with van der Waals surface area (Å²) < 4.78 is 12.1. The molecule has 5 aromatic rings. The lowest BCUT2D eigenvalue weighted by Crippen LogP contribution is -2.19. The van der Waals surface area contributed by atoms with Crippen LogP contribution in [-0.2, 0) is 0 Å². The highest BCUT2D eigenvalue weighted by molar-refractivity contribution is 9.10. The van der Waals surface area contributed by atoms with Gasteiger partial charge < -0.3 is 14.5 Å². The number of nitrogens with one attached hydrogen (secondary N) is 2. The number of H-pyrrole nitrogens is 1. The van der Waals surface area contributed by atoms with E-state index in [1.807, 2.05) is 62.4 Å². The van der Waals surface area contributed by atoms with Gasteiger partial charge in [0.2, 0.25) is 0 Å². The van der Waals surface area contributed by atoms with Crippen LogP contribution in [0.3, 0.4) is 0 Å². The number of halogens is 2. The first-order valence-electron chi connectivity index (χ1n) is 12.8. The predicted octanol–water partition coefficient (Wildman–Crippen LogP) is 7.94. The molecule has 206 valence electrons. The topological polar surface area (TPSA) is 92.8 Å². The fourth-order valence-corrected chi connectivity index (χ4v) is 5.02. The minimum Gasteiger partial charge on any atom is -0.490 e. The number of hydrazone groups is 1. The van der Waals surface area contributed by atoms with E-state index in [9.17, 15) is 9.59 Å². The average Bonchev–Trinajstić information content (AvgIpc) is 3.36. The third kappa shape index (κ3) is 6.19. The van der Waals surface area contributed by atoms with Crippen LogP contribution in [0.2, 0.25) is 5.02 Å². The van der Waals surface area contributed by atoms with Crippen molar-refractivity contribution >= 4 is 56.5 Å². The molecule has 1 aromatic heterocycles. The first kappa shape index (κ1) is 28.1. The Bertz CT molecular complexity index is 1780. The molecule has 0 atom stereocenters. The minimum atomic E-state index is -0.487. The quantitative estimate of drug-likeness (QED) is 0.0788. The van der Waals surface area contributed by atoms with Gasteiger partial charge in [-0.2, -0.15) is 5.10 Å². The number of fused-ring (bicyclic) bond motifs is 1. The lowest BCUT2D eigenvalue weighted by Gasteiger charge is -2.11. The lowest BCUT2D eigenvalue weighted by molar-refractivity contribution is 0.0728. The molecule has 2 N–H and O–H groups in total. The first-order valence-corrected chi connectivity index (χ1v) is 14.0. The third-order valence-corrected chi connectivity index (χ3v) is 7.28. The van der Waals surface area contributed by atoms with Gasteiger partial charge in [0.05, 0.1) is 23.9 Å². The Kier molecular flexibility index (Phi) is 8.52. The van der Waals surface area contributed by atoms with E-state index in [-0.39, 0.29) is 5.75 Å². The molecule has 0 saturated carbocycles. The summed E-state index contributed by atoms with van der Waals surface area (Å²) in [4.78, 5) is 29.2. The molecule has 0 aliphatic carbocycles. The summed E-state index contributed by atoms with van der Waals surface area (Å²) in [5.74, 6) is -0.261. The molecule has 0 unspecified atom stereocenters. The Labute approximate surface area is 250 Å². The predicted molar refractivity (Wildman–Crippen MR) is 165 cm³/mol. The molecule has 1 heterocycles. The average molecular weight is 631 g/mol. The highest BCUT2D eigenvalue weighted by atomic mass is 79.9. The normalized spacial score (nSPS) is 11.1. The van der Waals surface area contributed by atoms with Crippen LogP contribution >= 0.6 is 27.5 Å². The molecule has 5 rings (SSSR count). The highest BCUT2D eigenvalue weighted by Gasteiger charge is 2.21. The summed E-state index contributed by atoms with van der Waals surface area (Å²) in [5.41, 5.74) is 7.21. The van der Waals surface area contributed by atoms with Crippen molar-refractivity contribution in [1.82, 2.24) is 10.4 Å². The van der Waals surface area contributed by atoms with Crippen LogP contribution in [0.15, 0.2) is 94.5 Å². The summed E-state index contributed by atoms with van der Waals surface area (Å²) in [7, 11) is 0. The Morgan fingerprint density at radius 2 is 1.78 bits per heavy atom. The van der Waals surface area contributed by atoms with Crippen molar-refractivity contribution in [1.29, 1.82) is 0 Å².